The molecule has 0 bridgehead atoms. The van der Waals surface area contributed by atoms with E-state index in [2.05, 4.69) is 10.6 Å². The molecule has 1 aliphatic rings. The summed E-state index contributed by atoms with van der Waals surface area (Å²) in [6.07, 6.45) is 1.84. The van der Waals surface area contributed by atoms with Gasteiger partial charge in [-0.05, 0) is 25.0 Å². The highest BCUT2D eigenvalue weighted by Crippen LogP contribution is 2.12. The van der Waals surface area contributed by atoms with Crippen molar-refractivity contribution in [3.05, 3.63) is 30.3 Å². The highest BCUT2D eigenvalue weighted by Gasteiger charge is 2.24. The number of nitrogens with zero attached hydrogens (tertiary/aromatic N) is 1. The summed E-state index contributed by atoms with van der Waals surface area (Å²) in [6.45, 7) is 1.30. The highest BCUT2D eigenvalue weighted by atomic mass is 32.2. The van der Waals surface area contributed by atoms with Crippen molar-refractivity contribution >= 4 is 21.7 Å². The van der Waals surface area contributed by atoms with Gasteiger partial charge in [0.05, 0.1) is 5.75 Å². The fourth-order valence-electron chi connectivity index (χ4n) is 2.09. The van der Waals surface area contributed by atoms with E-state index in [1.807, 2.05) is 18.2 Å². The standard InChI is InChI=1S/C13H19N3O3S/c17-13(15-12-6-2-1-3-7-12)14-8-11-20(18,19)16-9-4-5-10-16/h1-3,6-7H,4-5,8-11H2,(H2,14,15,17). The summed E-state index contributed by atoms with van der Waals surface area (Å²) < 4.78 is 25.3. The summed E-state index contributed by atoms with van der Waals surface area (Å²) in [4.78, 5) is 11.6. The first-order chi connectivity index (χ1) is 9.58. The second-order valence-corrected chi connectivity index (χ2v) is 6.76. The van der Waals surface area contributed by atoms with E-state index in [0.29, 0.717) is 18.8 Å². The van der Waals surface area contributed by atoms with E-state index in [1.165, 1.54) is 4.31 Å². The van der Waals surface area contributed by atoms with Crippen LogP contribution in [0.4, 0.5) is 10.5 Å². The Morgan fingerprint density at radius 3 is 2.45 bits per heavy atom. The van der Waals surface area contributed by atoms with Gasteiger partial charge in [0.2, 0.25) is 10.0 Å². The van der Waals surface area contributed by atoms with Crippen LogP contribution >= 0.6 is 0 Å². The van der Waals surface area contributed by atoms with Crippen molar-refractivity contribution in [3.63, 3.8) is 0 Å². The Bertz CT molecular complexity index is 539. The minimum atomic E-state index is -3.24. The highest BCUT2D eigenvalue weighted by molar-refractivity contribution is 7.89. The first-order valence-corrected chi connectivity index (χ1v) is 8.26. The zero-order valence-electron chi connectivity index (χ0n) is 11.2. The van der Waals surface area contributed by atoms with E-state index in [4.69, 9.17) is 0 Å². The van der Waals surface area contributed by atoms with E-state index in [-0.39, 0.29) is 12.3 Å². The van der Waals surface area contributed by atoms with Crippen LogP contribution in [0.15, 0.2) is 30.3 Å². The number of para-hydroxylation sites is 1. The molecule has 2 N–H and O–H groups in total. The van der Waals surface area contributed by atoms with E-state index in [1.54, 1.807) is 12.1 Å². The Balaban J connectivity index is 1.74. The third-order valence-electron chi connectivity index (χ3n) is 3.14. The van der Waals surface area contributed by atoms with E-state index >= 15 is 0 Å². The lowest BCUT2D eigenvalue weighted by Crippen LogP contribution is -2.37. The molecule has 0 radical (unpaired) electrons. The van der Waals surface area contributed by atoms with Gasteiger partial charge in [0.25, 0.3) is 0 Å². The number of rotatable bonds is 5. The number of carbonyl (C=O) groups excluding carboxylic acids is 1. The maximum Gasteiger partial charge on any atom is 0.319 e. The minimum absolute atomic E-state index is 0.0603. The number of hydrogen-bond donors (Lipinski definition) is 2. The number of carbonyl (C=O) groups is 1. The van der Waals surface area contributed by atoms with E-state index < -0.39 is 16.1 Å². The van der Waals surface area contributed by atoms with E-state index in [9.17, 15) is 13.2 Å². The molecule has 6 nitrogen and oxygen atoms in total. The Morgan fingerprint density at radius 1 is 1.15 bits per heavy atom. The maximum absolute atomic E-state index is 11.9. The Hall–Kier alpha value is -1.60. The van der Waals surface area contributed by atoms with Gasteiger partial charge in [0.15, 0.2) is 0 Å². The molecule has 7 heteroatoms. The summed E-state index contributed by atoms with van der Waals surface area (Å²) in [5.41, 5.74) is 0.674. The van der Waals surface area contributed by atoms with Gasteiger partial charge in [-0.2, -0.15) is 0 Å². The van der Waals surface area contributed by atoms with Gasteiger partial charge in [-0.3, -0.25) is 0 Å². The molecule has 0 aromatic heterocycles. The fourth-order valence-corrected chi connectivity index (χ4v) is 3.52. The van der Waals surface area contributed by atoms with Crippen LogP contribution < -0.4 is 10.6 Å². The predicted octanol–water partition coefficient (Wildman–Crippen LogP) is 1.23. The van der Waals surface area contributed by atoms with Gasteiger partial charge >= 0.3 is 6.03 Å². The summed E-state index contributed by atoms with van der Waals surface area (Å²) >= 11 is 0. The molecule has 1 saturated heterocycles. The Labute approximate surface area is 119 Å². The number of benzene rings is 1. The van der Waals surface area contributed by atoms with Crippen LogP contribution in [0.2, 0.25) is 0 Å². The lowest BCUT2D eigenvalue weighted by Gasteiger charge is -2.15. The average Bonchev–Trinajstić information content (AvgIpc) is 2.94. The number of hydrogen-bond acceptors (Lipinski definition) is 3. The van der Waals surface area contributed by atoms with Crippen molar-refractivity contribution in [1.29, 1.82) is 0 Å². The van der Waals surface area contributed by atoms with Crippen LogP contribution in [0.5, 0.6) is 0 Å². The maximum atomic E-state index is 11.9. The minimum Gasteiger partial charge on any atom is -0.337 e. The van der Waals surface area contributed by atoms with Crippen LogP contribution in [-0.2, 0) is 10.0 Å². The molecule has 1 aromatic rings. The monoisotopic (exact) mass is 297 g/mol. The van der Waals surface area contributed by atoms with Gasteiger partial charge in [-0.25, -0.2) is 17.5 Å². The summed E-state index contributed by atoms with van der Waals surface area (Å²) in [5, 5.41) is 5.19. The molecular formula is C13H19N3O3S. The molecule has 2 amide bonds. The van der Waals surface area contributed by atoms with Crippen molar-refractivity contribution in [1.82, 2.24) is 9.62 Å². The normalized spacial score (nSPS) is 16.0. The number of sulfonamides is 1. The van der Waals surface area contributed by atoms with Crippen LogP contribution in [0.3, 0.4) is 0 Å². The van der Waals surface area contributed by atoms with Crippen LogP contribution in [0, 0.1) is 0 Å². The first kappa shape index (κ1) is 14.8. The largest absolute Gasteiger partial charge is 0.337 e. The zero-order valence-corrected chi connectivity index (χ0v) is 12.0. The van der Waals surface area contributed by atoms with Crippen LogP contribution in [0.25, 0.3) is 0 Å². The molecule has 1 aliphatic heterocycles. The smallest absolute Gasteiger partial charge is 0.319 e. The summed E-state index contributed by atoms with van der Waals surface area (Å²) in [6, 6.07) is 8.61. The molecular weight excluding hydrogens is 278 g/mol. The molecule has 0 atom stereocenters. The molecule has 0 aliphatic carbocycles. The average molecular weight is 297 g/mol. The molecule has 20 heavy (non-hydrogen) atoms. The number of amides is 2. The molecule has 0 unspecified atom stereocenters. The van der Waals surface area contributed by atoms with Crippen molar-refractivity contribution < 1.29 is 13.2 Å². The SMILES string of the molecule is O=C(NCCS(=O)(=O)N1CCCC1)Nc1ccccc1. The van der Waals surface area contributed by atoms with E-state index in [0.717, 1.165) is 12.8 Å². The predicted molar refractivity (Wildman–Crippen MR) is 78.1 cm³/mol. The summed E-state index contributed by atoms with van der Waals surface area (Å²) in [7, 11) is -3.24. The first-order valence-electron chi connectivity index (χ1n) is 6.66. The molecule has 0 saturated carbocycles. The Kier molecular flexibility index (Phi) is 4.97. The van der Waals surface area contributed by atoms with Gasteiger partial charge in [-0.1, -0.05) is 18.2 Å². The molecule has 110 valence electrons. The molecule has 0 spiro atoms. The summed E-state index contributed by atoms with van der Waals surface area (Å²) in [5.74, 6) is -0.0603. The molecule has 1 aromatic carbocycles. The lowest BCUT2D eigenvalue weighted by molar-refractivity contribution is 0.252. The number of urea groups is 1. The van der Waals surface area contributed by atoms with Gasteiger partial charge < -0.3 is 10.6 Å². The molecule has 1 heterocycles. The van der Waals surface area contributed by atoms with Crippen molar-refractivity contribution in [2.45, 2.75) is 12.8 Å². The zero-order chi connectivity index (χ0) is 14.4. The molecule has 1 fully saturated rings. The van der Waals surface area contributed by atoms with Crippen molar-refractivity contribution in [2.24, 2.45) is 0 Å². The van der Waals surface area contributed by atoms with Crippen LogP contribution in [-0.4, -0.2) is 44.1 Å². The number of anilines is 1. The molecule has 2 rings (SSSR count). The third kappa shape index (κ3) is 4.21. The second-order valence-electron chi connectivity index (χ2n) is 4.67. The fraction of sp³-hybridized carbons (Fsp3) is 0.462. The second kappa shape index (κ2) is 6.71. The van der Waals surface area contributed by atoms with Crippen LogP contribution in [0.1, 0.15) is 12.8 Å². The van der Waals surface area contributed by atoms with Gasteiger partial charge in [0, 0.05) is 25.3 Å². The van der Waals surface area contributed by atoms with Crippen molar-refractivity contribution in [2.75, 3.05) is 30.7 Å². The number of nitrogens with one attached hydrogen (secondary N) is 2. The third-order valence-corrected chi connectivity index (χ3v) is 5.01. The quantitative estimate of drug-likeness (QED) is 0.858. The van der Waals surface area contributed by atoms with Gasteiger partial charge in [0.1, 0.15) is 0 Å². The van der Waals surface area contributed by atoms with Gasteiger partial charge in [-0.15, -0.1) is 0 Å². The topological polar surface area (TPSA) is 78.5 Å². The Morgan fingerprint density at radius 2 is 1.80 bits per heavy atom. The lowest BCUT2D eigenvalue weighted by atomic mass is 10.3. The van der Waals surface area contributed by atoms with Crippen molar-refractivity contribution in [3.8, 4) is 0 Å².